The van der Waals surface area contributed by atoms with Gasteiger partial charge in [0.15, 0.2) is 5.65 Å². The summed E-state index contributed by atoms with van der Waals surface area (Å²) in [4.78, 5) is 27.5. The van der Waals surface area contributed by atoms with Crippen molar-refractivity contribution in [1.29, 1.82) is 0 Å². The highest BCUT2D eigenvalue weighted by atomic mass is 32.2. The summed E-state index contributed by atoms with van der Waals surface area (Å²) in [7, 11) is 0. The molecule has 0 bridgehead atoms. The number of pyridine rings is 1. The van der Waals surface area contributed by atoms with Crippen molar-refractivity contribution in [3.8, 4) is 5.75 Å². The maximum Gasteiger partial charge on any atom is 0.416 e. The summed E-state index contributed by atoms with van der Waals surface area (Å²) < 4.78 is 39.4. The Balaban J connectivity index is 1.49. The molecule has 5 aromatic rings. The number of carbonyl (C=O) groups is 1. The number of fused-ring (bicyclic) bond motifs is 1. The molecule has 2 aromatic heterocycles. The first-order chi connectivity index (χ1) is 18.7. The van der Waals surface area contributed by atoms with Crippen LogP contribution >= 0.6 is 11.8 Å². The van der Waals surface area contributed by atoms with Gasteiger partial charge in [0, 0.05) is 26.7 Å². The fourth-order valence-corrected chi connectivity index (χ4v) is 4.62. The largest absolute Gasteiger partial charge is 0.508 e. The van der Waals surface area contributed by atoms with E-state index in [-0.39, 0.29) is 11.3 Å². The molecule has 1 amide bonds. The first-order valence-corrected chi connectivity index (χ1v) is 12.4. The Hall–Kier alpha value is -4.64. The topological polar surface area (TPSA) is 100 Å². The quantitative estimate of drug-likeness (QED) is 0.207. The standard InChI is InChI=1S/C28H20F3N5O2S/c1-16-5-11-22-25(34-16)32-15-33-26(22)36-23-14-19(6-12-24(23)39-21-9-7-20(37)8-10-21)35-27(38)17-3-2-4-18(13-17)28(29,30)31/h2-15,37H,1H3,(H,35,38)(H,32,33,34,36). The Morgan fingerprint density at radius 1 is 0.949 bits per heavy atom. The number of anilines is 3. The SMILES string of the molecule is Cc1ccc2c(Nc3cc(NC(=O)c4cccc(C(F)(F)F)c4)ccc3Sc3ccc(O)cc3)ncnc2n1. The van der Waals surface area contributed by atoms with Crippen LogP contribution in [0.1, 0.15) is 21.6 Å². The van der Waals surface area contributed by atoms with Crippen LogP contribution < -0.4 is 10.6 Å². The number of phenolic OH excluding ortho intramolecular Hbond substituents is 1. The van der Waals surface area contributed by atoms with E-state index >= 15 is 0 Å². The number of hydrogen-bond acceptors (Lipinski definition) is 7. The van der Waals surface area contributed by atoms with Crippen molar-refractivity contribution < 1.29 is 23.1 Å². The molecule has 0 aliphatic rings. The van der Waals surface area contributed by atoms with Crippen LogP contribution in [0, 0.1) is 6.92 Å². The molecular formula is C28H20F3N5O2S. The Bertz CT molecular complexity index is 1680. The van der Waals surface area contributed by atoms with Gasteiger partial charge in [-0.25, -0.2) is 15.0 Å². The number of amides is 1. The van der Waals surface area contributed by atoms with Gasteiger partial charge in [0.1, 0.15) is 17.9 Å². The molecule has 7 nitrogen and oxygen atoms in total. The summed E-state index contributed by atoms with van der Waals surface area (Å²) in [5.41, 5.74) is 1.23. The van der Waals surface area contributed by atoms with Crippen molar-refractivity contribution in [3.05, 3.63) is 102 Å². The van der Waals surface area contributed by atoms with E-state index in [2.05, 4.69) is 25.6 Å². The van der Waals surface area contributed by atoms with Gasteiger partial charge in [-0.15, -0.1) is 0 Å². The van der Waals surface area contributed by atoms with E-state index in [9.17, 15) is 23.1 Å². The normalized spacial score (nSPS) is 11.4. The van der Waals surface area contributed by atoms with Crippen LogP contribution in [0.15, 0.2) is 95.0 Å². The number of nitrogens with zero attached hydrogens (tertiary/aromatic N) is 3. The zero-order valence-electron chi connectivity index (χ0n) is 20.3. The van der Waals surface area contributed by atoms with Gasteiger partial charge in [-0.3, -0.25) is 4.79 Å². The fourth-order valence-electron chi connectivity index (χ4n) is 3.74. The molecule has 0 saturated heterocycles. The predicted octanol–water partition coefficient (Wildman–Crippen LogP) is 7.20. The molecule has 3 N–H and O–H groups in total. The lowest BCUT2D eigenvalue weighted by atomic mass is 10.1. The molecule has 39 heavy (non-hydrogen) atoms. The van der Waals surface area contributed by atoms with Crippen LogP contribution in [0.3, 0.4) is 0 Å². The highest BCUT2D eigenvalue weighted by Crippen LogP contribution is 2.38. The maximum atomic E-state index is 13.1. The van der Waals surface area contributed by atoms with Crippen molar-refractivity contribution in [2.45, 2.75) is 22.9 Å². The number of rotatable bonds is 6. The Morgan fingerprint density at radius 3 is 2.51 bits per heavy atom. The lowest BCUT2D eigenvalue weighted by Crippen LogP contribution is -2.14. The Kier molecular flexibility index (Phi) is 7.07. The third-order valence-corrected chi connectivity index (χ3v) is 6.73. The van der Waals surface area contributed by atoms with Crippen molar-refractivity contribution in [3.63, 3.8) is 0 Å². The average Bonchev–Trinajstić information content (AvgIpc) is 2.91. The van der Waals surface area contributed by atoms with Gasteiger partial charge < -0.3 is 15.7 Å². The summed E-state index contributed by atoms with van der Waals surface area (Å²) in [5.74, 6) is -0.0554. The van der Waals surface area contributed by atoms with Crippen molar-refractivity contribution >= 4 is 45.9 Å². The van der Waals surface area contributed by atoms with Gasteiger partial charge in [-0.05, 0) is 79.7 Å². The minimum absolute atomic E-state index is 0.120. The maximum absolute atomic E-state index is 13.1. The first kappa shape index (κ1) is 26.0. The van der Waals surface area contributed by atoms with E-state index in [1.165, 1.54) is 30.2 Å². The number of carbonyl (C=O) groups excluding carboxylic acids is 1. The molecule has 0 saturated carbocycles. The van der Waals surface area contributed by atoms with Crippen molar-refractivity contribution in [1.82, 2.24) is 15.0 Å². The van der Waals surface area contributed by atoms with Crippen molar-refractivity contribution in [2.75, 3.05) is 10.6 Å². The summed E-state index contributed by atoms with van der Waals surface area (Å²) in [6, 6.07) is 19.7. The number of alkyl halides is 3. The van der Waals surface area contributed by atoms with Crippen LogP contribution in [-0.2, 0) is 6.18 Å². The molecule has 5 rings (SSSR count). The van der Waals surface area contributed by atoms with Gasteiger partial charge >= 0.3 is 6.18 Å². The predicted molar refractivity (Wildman–Crippen MR) is 143 cm³/mol. The highest BCUT2D eigenvalue weighted by molar-refractivity contribution is 7.99. The number of benzene rings is 3. The van der Waals surface area contributed by atoms with E-state index in [1.807, 2.05) is 19.1 Å². The molecule has 0 aliphatic heterocycles. The molecule has 0 aliphatic carbocycles. The molecule has 3 aromatic carbocycles. The minimum atomic E-state index is -4.56. The molecule has 0 fully saturated rings. The number of halogens is 3. The Morgan fingerprint density at radius 2 is 1.74 bits per heavy atom. The molecular weight excluding hydrogens is 527 g/mol. The summed E-state index contributed by atoms with van der Waals surface area (Å²) in [6.07, 6.45) is -3.17. The molecule has 0 radical (unpaired) electrons. The number of nitrogens with one attached hydrogen (secondary N) is 2. The third kappa shape index (κ3) is 6.10. The number of aromatic hydroxyl groups is 1. The smallest absolute Gasteiger partial charge is 0.416 e. The minimum Gasteiger partial charge on any atom is -0.508 e. The molecule has 0 unspecified atom stereocenters. The van der Waals surface area contributed by atoms with E-state index in [0.29, 0.717) is 28.2 Å². The van der Waals surface area contributed by atoms with Gasteiger partial charge in [0.25, 0.3) is 5.91 Å². The monoisotopic (exact) mass is 547 g/mol. The van der Waals surface area contributed by atoms with Gasteiger partial charge in [0.05, 0.1) is 16.6 Å². The first-order valence-electron chi connectivity index (χ1n) is 11.6. The number of phenols is 1. The number of aromatic nitrogens is 3. The van der Waals surface area contributed by atoms with Crippen LogP contribution in [-0.4, -0.2) is 26.0 Å². The molecule has 11 heteroatoms. The summed E-state index contributed by atoms with van der Waals surface area (Å²) in [6.45, 7) is 1.86. The molecule has 0 atom stereocenters. The van der Waals surface area contributed by atoms with Crippen LogP contribution in [0.25, 0.3) is 11.0 Å². The summed E-state index contributed by atoms with van der Waals surface area (Å²) >= 11 is 1.41. The molecule has 2 heterocycles. The second-order valence-electron chi connectivity index (χ2n) is 8.51. The van der Waals surface area contributed by atoms with Crippen LogP contribution in [0.5, 0.6) is 5.75 Å². The van der Waals surface area contributed by atoms with E-state index in [4.69, 9.17) is 0 Å². The summed E-state index contributed by atoms with van der Waals surface area (Å²) in [5, 5.41) is 16.3. The lowest BCUT2D eigenvalue weighted by Gasteiger charge is -2.15. The number of aryl methyl sites for hydroxylation is 1. The van der Waals surface area contributed by atoms with Crippen molar-refractivity contribution in [2.24, 2.45) is 0 Å². The molecule has 196 valence electrons. The number of hydrogen-bond donors (Lipinski definition) is 3. The Labute approximate surface area is 225 Å². The lowest BCUT2D eigenvalue weighted by molar-refractivity contribution is -0.137. The van der Waals surface area contributed by atoms with E-state index in [1.54, 1.807) is 42.5 Å². The second-order valence-corrected chi connectivity index (χ2v) is 9.63. The van der Waals surface area contributed by atoms with Gasteiger partial charge in [0.2, 0.25) is 0 Å². The third-order valence-electron chi connectivity index (χ3n) is 5.64. The van der Waals surface area contributed by atoms with E-state index in [0.717, 1.165) is 27.6 Å². The zero-order chi connectivity index (χ0) is 27.6. The van der Waals surface area contributed by atoms with E-state index < -0.39 is 17.6 Å². The zero-order valence-corrected chi connectivity index (χ0v) is 21.1. The van der Waals surface area contributed by atoms with Crippen LogP contribution in [0.2, 0.25) is 0 Å². The second kappa shape index (κ2) is 10.6. The highest BCUT2D eigenvalue weighted by Gasteiger charge is 2.31. The fraction of sp³-hybridized carbons (Fsp3) is 0.0714. The molecule has 0 spiro atoms. The average molecular weight is 548 g/mol. The van der Waals surface area contributed by atoms with Gasteiger partial charge in [-0.1, -0.05) is 17.8 Å². The van der Waals surface area contributed by atoms with Crippen LogP contribution in [0.4, 0.5) is 30.4 Å². The van der Waals surface area contributed by atoms with Gasteiger partial charge in [-0.2, -0.15) is 13.2 Å².